The Hall–Kier alpha value is -2.87. The standard InChI is InChI=1S/C24H26N4O/c25-14-20-8-4-10-23(26-20)27-15-18-13-19(16-27)22(12-17-6-2-1-3-7-17)28-21(18)9-5-11-24(28)29/h1-4,6-8,10,18-19,21-22H,5,9,11-13,15-16H2/t18-,19+,21+,22+/m1/s1. The summed E-state index contributed by atoms with van der Waals surface area (Å²) in [5, 5.41) is 9.24. The van der Waals surface area contributed by atoms with E-state index in [0.29, 0.717) is 35.9 Å². The summed E-state index contributed by atoms with van der Waals surface area (Å²) in [6.07, 6.45) is 4.90. The van der Waals surface area contributed by atoms with Crippen LogP contribution in [0.4, 0.5) is 5.82 Å². The number of aromatic nitrogens is 1. The highest BCUT2D eigenvalue weighted by atomic mass is 16.2. The maximum Gasteiger partial charge on any atom is 0.223 e. The number of carbonyl (C=O) groups excluding carboxylic acids is 1. The number of benzene rings is 1. The fourth-order valence-corrected chi connectivity index (χ4v) is 5.74. The smallest absolute Gasteiger partial charge is 0.223 e. The van der Waals surface area contributed by atoms with Gasteiger partial charge in [0.25, 0.3) is 0 Å². The van der Waals surface area contributed by atoms with E-state index >= 15 is 0 Å². The fourth-order valence-electron chi connectivity index (χ4n) is 5.74. The molecular formula is C24H26N4O. The average molecular weight is 386 g/mol. The zero-order valence-electron chi connectivity index (χ0n) is 16.6. The molecule has 4 atom stereocenters. The predicted octanol–water partition coefficient (Wildman–Crippen LogP) is 3.40. The summed E-state index contributed by atoms with van der Waals surface area (Å²) >= 11 is 0. The zero-order valence-corrected chi connectivity index (χ0v) is 16.6. The first-order valence-electron chi connectivity index (χ1n) is 10.7. The van der Waals surface area contributed by atoms with Crippen LogP contribution in [0.1, 0.15) is 36.9 Å². The molecule has 3 saturated heterocycles. The molecule has 2 aromatic rings. The van der Waals surface area contributed by atoms with Crippen molar-refractivity contribution < 1.29 is 4.79 Å². The van der Waals surface area contributed by atoms with Crippen LogP contribution in [-0.4, -0.2) is 41.0 Å². The van der Waals surface area contributed by atoms with Crippen molar-refractivity contribution in [2.24, 2.45) is 11.8 Å². The molecule has 29 heavy (non-hydrogen) atoms. The molecule has 3 fully saturated rings. The van der Waals surface area contributed by atoms with Gasteiger partial charge in [-0.2, -0.15) is 5.26 Å². The van der Waals surface area contributed by atoms with Gasteiger partial charge in [-0.3, -0.25) is 4.79 Å². The van der Waals surface area contributed by atoms with Crippen molar-refractivity contribution in [3.8, 4) is 6.07 Å². The third kappa shape index (κ3) is 3.37. The third-order valence-electron chi connectivity index (χ3n) is 6.96. The number of amides is 1. The van der Waals surface area contributed by atoms with Gasteiger partial charge in [0.1, 0.15) is 17.6 Å². The van der Waals surface area contributed by atoms with Crippen LogP contribution in [0.15, 0.2) is 48.5 Å². The SMILES string of the molecule is N#Cc1cccc(N2C[C@H]3C[C@@H](C2)[C@H](Cc2ccccc2)N2C(=O)CCC[C@@H]32)n1. The first kappa shape index (κ1) is 18.2. The van der Waals surface area contributed by atoms with E-state index < -0.39 is 0 Å². The molecule has 1 aromatic heterocycles. The quantitative estimate of drug-likeness (QED) is 0.811. The lowest BCUT2D eigenvalue weighted by Gasteiger charge is -2.57. The largest absolute Gasteiger partial charge is 0.356 e. The summed E-state index contributed by atoms with van der Waals surface area (Å²) in [6.45, 7) is 1.82. The van der Waals surface area contributed by atoms with Crippen LogP contribution in [0.2, 0.25) is 0 Å². The highest BCUT2D eigenvalue weighted by Crippen LogP contribution is 2.43. The molecule has 2 bridgehead atoms. The lowest BCUT2D eigenvalue weighted by molar-refractivity contribution is -0.148. The second-order valence-electron chi connectivity index (χ2n) is 8.67. The van der Waals surface area contributed by atoms with Gasteiger partial charge in [-0.25, -0.2) is 4.98 Å². The minimum atomic E-state index is 0.244. The molecule has 0 spiro atoms. The lowest BCUT2D eigenvalue weighted by Crippen LogP contribution is -2.65. The first-order valence-corrected chi connectivity index (χ1v) is 10.7. The number of carbonyl (C=O) groups is 1. The Bertz CT molecular complexity index is 937. The molecule has 1 amide bonds. The van der Waals surface area contributed by atoms with E-state index in [-0.39, 0.29) is 6.04 Å². The summed E-state index contributed by atoms with van der Waals surface area (Å²) in [6, 6.07) is 19.0. The van der Waals surface area contributed by atoms with Gasteiger partial charge in [0.15, 0.2) is 0 Å². The molecule has 148 valence electrons. The number of anilines is 1. The molecule has 0 N–H and O–H groups in total. The molecular weight excluding hydrogens is 360 g/mol. The van der Waals surface area contributed by atoms with Crippen LogP contribution >= 0.6 is 0 Å². The second-order valence-corrected chi connectivity index (χ2v) is 8.67. The Labute approximate surface area is 172 Å². The molecule has 5 rings (SSSR count). The van der Waals surface area contributed by atoms with Crippen molar-refractivity contribution in [2.75, 3.05) is 18.0 Å². The minimum Gasteiger partial charge on any atom is -0.356 e. The zero-order chi connectivity index (χ0) is 19.8. The molecule has 0 saturated carbocycles. The number of hydrogen-bond donors (Lipinski definition) is 0. The molecule has 3 aliphatic rings. The van der Waals surface area contributed by atoms with Gasteiger partial charge in [0, 0.05) is 31.6 Å². The van der Waals surface area contributed by atoms with Crippen molar-refractivity contribution in [3.05, 3.63) is 59.8 Å². The minimum absolute atomic E-state index is 0.244. The van der Waals surface area contributed by atoms with Gasteiger partial charge < -0.3 is 9.80 Å². The molecule has 1 aromatic carbocycles. The van der Waals surface area contributed by atoms with Gasteiger partial charge in [0.2, 0.25) is 5.91 Å². The molecule has 0 unspecified atom stereocenters. The molecule has 4 heterocycles. The lowest BCUT2D eigenvalue weighted by atomic mass is 9.71. The molecule has 5 heteroatoms. The van der Waals surface area contributed by atoms with E-state index in [2.05, 4.69) is 45.1 Å². The summed E-state index contributed by atoms with van der Waals surface area (Å²) in [5.74, 6) is 2.15. The van der Waals surface area contributed by atoms with Crippen molar-refractivity contribution in [1.29, 1.82) is 5.26 Å². The van der Waals surface area contributed by atoms with Gasteiger partial charge in [-0.05, 0) is 55.2 Å². The fraction of sp³-hybridized carbons (Fsp3) is 0.458. The molecule has 3 aliphatic heterocycles. The van der Waals surface area contributed by atoms with Gasteiger partial charge in [-0.15, -0.1) is 0 Å². The average Bonchev–Trinajstić information content (AvgIpc) is 2.77. The first-order chi connectivity index (χ1) is 14.2. The number of hydrogen-bond acceptors (Lipinski definition) is 4. The second kappa shape index (κ2) is 7.51. The van der Waals surface area contributed by atoms with Crippen LogP contribution in [0.5, 0.6) is 0 Å². The Morgan fingerprint density at radius 2 is 1.90 bits per heavy atom. The van der Waals surface area contributed by atoms with E-state index in [1.165, 1.54) is 12.0 Å². The van der Waals surface area contributed by atoms with E-state index in [9.17, 15) is 10.1 Å². The Balaban J connectivity index is 1.47. The van der Waals surface area contributed by atoms with Crippen LogP contribution < -0.4 is 4.90 Å². The summed E-state index contributed by atoms with van der Waals surface area (Å²) in [4.78, 5) is 22.1. The Kier molecular flexibility index (Phi) is 4.71. The van der Waals surface area contributed by atoms with E-state index in [1.807, 2.05) is 18.2 Å². The highest BCUT2D eigenvalue weighted by Gasteiger charge is 2.49. The van der Waals surface area contributed by atoms with Crippen molar-refractivity contribution in [3.63, 3.8) is 0 Å². The number of rotatable bonds is 3. The van der Waals surface area contributed by atoms with Crippen LogP contribution in [0.3, 0.4) is 0 Å². The van der Waals surface area contributed by atoms with Gasteiger partial charge >= 0.3 is 0 Å². The van der Waals surface area contributed by atoms with E-state index in [0.717, 1.165) is 38.2 Å². The molecule has 0 aliphatic carbocycles. The molecule has 0 radical (unpaired) electrons. The Morgan fingerprint density at radius 3 is 2.72 bits per heavy atom. The summed E-state index contributed by atoms with van der Waals surface area (Å²) < 4.78 is 0. The van der Waals surface area contributed by atoms with Crippen molar-refractivity contribution >= 4 is 11.7 Å². The maximum absolute atomic E-state index is 13.0. The number of piperidine rings is 3. The van der Waals surface area contributed by atoms with Crippen LogP contribution in [-0.2, 0) is 11.2 Å². The monoisotopic (exact) mass is 386 g/mol. The summed E-state index contributed by atoms with van der Waals surface area (Å²) in [7, 11) is 0. The number of nitriles is 1. The van der Waals surface area contributed by atoms with Crippen molar-refractivity contribution in [2.45, 2.75) is 44.2 Å². The van der Waals surface area contributed by atoms with Gasteiger partial charge in [-0.1, -0.05) is 36.4 Å². The Morgan fingerprint density at radius 1 is 1.07 bits per heavy atom. The number of pyridine rings is 1. The molecule has 5 nitrogen and oxygen atoms in total. The van der Waals surface area contributed by atoms with Crippen LogP contribution in [0.25, 0.3) is 0 Å². The van der Waals surface area contributed by atoms with Crippen LogP contribution in [0, 0.1) is 23.2 Å². The highest BCUT2D eigenvalue weighted by molar-refractivity contribution is 5.78. The van der Waals surface area contributed by atoms with Crippen molar-refractivity contribution in [1.82, 2.24) is 9.88 Å². The summed E-state index contributed by atoms with van der Waals surface area (Å²) in [5.41, 5.74) is 1.77. The van der Waals surface area contributed by atoms with E-state index in [4.69, 9.17) is 0 Å². The maximum atomic E-state index is 13.0. The predicted molar refractivity (Wildman–Crippen MR) is 111 cm³/mol. The topological polar surface area (TPSA) is 60.2 Å². The van der Waals surface area contributed by atoms with Gasteiger partial charge in [0.05, 0.1) is 0 Å². The number of nitrogens with zero attached hydrogens (tertiary/aromatic N) is 4. The van der Waals surface area contributed by atoms with E-state index in [1.54, 1.807) is 6.07 Å². The third-order valence-corrected chi connectivity index (χ3v) is 6.96. The normalized spacial score (nSPS) is 28.6. The number of fused-ring (bicyclic) bond motifs is 4.